The predicted molar refractivity (Wildman–Crippen MR) is 76.1 cm³/mol. The summed E-state index contributed by atoms with van der Waals surface area (Å²) in [6.45, 7) is 5.09. The standard InChI is InChI=1S/C17H20O2/c1-3-11(2)17-9-12-8-16(18)14-7-5-4-6-13(14)15(12)10-19-17/h4-7,11,17H,3,8-10H2,1-2H3. The molecule has 2 aliphatic rings. The number of carbonyl (C=O) groups is 1. The zero-order valence-corrected chi connectivity index (χ0v) is 11.6. The van der Waals surface area contributed by atoms with Crippen LogP contribution in [0.2, 0.25) is 0 Å². The van der Waals surface area contributed by atoms with E-state index in [1.807, 2.05) is 18.2 Å². The van der Waals surface area contributed by atoms with E-state index in [0.29, 0.717) is 18.9 Å². The molecule has 0 saturated carbocycles. The molecular weight excluding hydrogens is 236 g/mol. The Labute approximate surface area is 114 Å². The molecule has 0 saturated heterocycles. The van der Waals surface area contributed by atoms with Gasteiger partial charge in [0.2, 0.25) is 0 Å². The summed E-state index contributed by atoms with van der Waals surface area (Å²) in [5.41, 5.74) is 4.53. The van der Waals surface area contributed by atoms with E-state index in [1.165, 1.54) is 11.1 Å². The smallest absolute Gasteiger partial charge is 0.167 e. The van der Waals surface area contributed by atoms with Gasteiger partial charge in [-0.25, -0.2) is 0 Å². The Bertz CT molecular complexity index is 542. The van der Waals surface area contributed by atoms with Crippen LogP contribution in [0.4, 0.5) is 0 Å². The molecule has 0 fully saturated rings. The Balaban J connectivity index is 1.96. The van der Waals surface area contributed by atoms with Gasteiger partial charge < -0.3 is 4.74 Å². The highest BCUT2D eigenvalue weighted by Gasteiger charge is 2.31. The lowest BCUT2D eigenvalue weighted by molar-refractivity contribution is 0.0283. The third-order valence-corrected chi connectivity index (χ3v) is 4.52. The van der Waals surface area contributed by atoms with Crippen LogP contribution in [0.5, 0.6) is 0 Å². The first kappa shape index (κ1) is 12.6. The number of hydrogen-bond acceptors (Lipinski definition) is 2. The molecule has 1 aliphatic heterocycles. The van der Waals surface area contributed by atoms with Crippen molar-refractivity contribution in [2.24, 2.45) is 5.92 Å². The third kappa shape index (κ3) is 2.14. The van der Waals surface area contributed by atoms with Crippen molar-refractivity contribution >= 4 is 11.4 Å². The second-order valence-electron chi connectivity index (χ2n) is 5.67. The Hall–Kier alpha value is -1.41. The van der Waals surface area contributed by atoms with Gasteiger partial charge in [-0.2, -0.15) is 0 Å². The van der Waals surface area contributed by atoms with Crippen LogP contribution in [0.1, 0.15) is 49.0 Å². The maximum Gasteiger partial charge on any atom is 0.167 e. The second-order valence-corrected chi connectivity index (χ2v) is 5.67. The van der Waals surface area contributed by atoms with Gasteiger partial charge in [-0.1, -0.05) is 50.1 Å². The fraction of sp³-hybridized carbons (Fsp3) is 0.471. The lowest BCUT2D eigenvalue weighted by Crippen LogP contribution is -2.30. The van der Waals surface area contributed by atoms with Crippen molar-refractivity contribution in [3.8, 4) is 0 Å². The van der Waals surface area contributed by atoms with E-state index < -0.39 is 0 Å². The molecule has 0 aromatic heterocycles. The van der Waals surface area contributed by atoms with Crippen molar-refractivity contribution in [1.29, 1.82) is 0 Å². The van der Waals surface area contributed by atoms with Crippen LogP contribution >= 0.6 is 0 Å². The minimum absolute atomic E-state index is 0.263. The molecule has 1 heterocycles. The Morgan fingerprint density at radius 1 is 1.32 bits per heavy atom. The molecule has 1 aromatic rings. The summed E-state index contributed by atoms with van der Waals surface area (Å²) in [5.74, 6) is 0.820. The van der Waals surface area contributed by atoms with Gasteiger partial charge in [0.25, 0.3) is 0 Å². The van der Waals surface area contributed by atoms with E-state index in [0.717, 1.165) is 24.0 Å². The second kappa shape index (κ2) is 4.93. The molecule has 2 heteroatoms. The molecule has 2 unspecified atom stereocenters. The van der Waals surface area contributed by atoms with Gasteiger partial charge in [0, 0.05) is 12.0 Å². The fourth-order valence-electron chi connectivity index (χ4n) is 3.07. The summed E-state index contributed by atoms with van der Waals surface area (Å²) >= 11 is 0. The first-order valence-electron chi connectivity index (χ1n) is 7.15. The highest BCUT2D eigenvalue weighted by atomic mass is 16.5. The molecule has 0 amide bonds. The monoisotopic (exact) mass is 256 g/mol. The first-order valence-corrected chi connectivity index (χ1v) is 7.15. The number of benzene rings is 1. The first-order chi connectivity index (χ1) is 9.20. The van der Waals surface area contributed by atoms with Crippen molar-refractivity contribution < 1.29 is 9.53 Å². The number of Topliss-reactive ketones (excluding diaryl/α,β-unsaturated/α-hetero) is 1. The van der Waals surface area contributed by atoms with Crippen molar-refractivity contribution in [2.75, 3.05) is 6.61 Å². The highest BCUT2D eigenvalue weighted by Crippen LogP contribution is 2.38. The molecule has 0 bridgehead atoms. The van der Waals surface area contributed by atoms with Gasteiger partial charge in [-0.3, -0.25) is 4.79 Å². The van der Waals surface area contributed by atoms with Gasteiger partial charge in [0.05, 0.1) is 12.7 Å². The van der Waals surface area contributed by atoms with Gasteiger partial charge in [0.15, 0.2) is 5.78 Å². The van der Waals surface area contributed by atoms with Crippen LogP contribution in [0.15, 0.2) is 29.8 Å². The van der Waals surface area contributed by atoms with Crippen molar-refractivity contribution in [1.82, 2.24) is 0 Å². The summed E-state index contributed by atoms with van der Waals surface area (Å²) in [7, 11) is 0. The van der Waals surface area contributed by atoms with Crippen LogP contribution in [-0.2, 0) is 4.74 Å². The number of ether oxygens (including phenoxy) is 1. The predicted octanol–water partition coefficient (Wildman–Crippen LogP) is 3.86. The minimum atomic E-state index is 0.263. The van der Waals surface area contributed by atoms with E-state index in [2.05, 4.69) is 19.9 Å². The van der Waals surface area contributed by atoms with E-state index in [9.17, 15) is 4.79 Å². The summed E-state index contributed by atoms with van der Waals surface area (Å²) < 4.78 is 6.02. The zero-order valence-electron chi connectivity index (χ0n) is 11.6. The average molecular weight is 256 g/mol. The molecule has 0 radical (unpaired) electrons. The molecule has 1 aromatic carbocycles. The summed E-state index contributed by atoms with van der Waals surface area (Å²) in [4.78, 5) is 12.2. The molecule has 19 heavy (non-hydrogen) atoms. The summed E-state index contributed by atoms with van der Waals surface area (Å²) in [6, 6.07) is 7.92. The van der Waals surface area contributed by atoms with Gasteiger partial charge in [0.1, 0.15) is 0 Å². The Morgan fingerprint density at radius 2 is 2.05 bits per heavy atom. The molecule has 0 N–H and O–H groups in total. The normalized spacial score (nSPS) is 23.9. The molecule has 1 aliphatic carbocycles. The summed E-state index contributed by atoms with van der Waals surface area (Å²) in [5, 5.41) is 0. The van der Waals surface area contributed by atoms with Crippen molar-refractivity contribution in [2.45, 2.75) is 39.2 Å². The molecule has 100 valence electrons. The third-order valence-electron chi connectivity index (χ3n) is 4.52. The van der Waals surface area contributed by atoms with Gasteiger partial charge >= 0.3 is 0 Å². The number of rotatable bonds is 2. The average Bonchev–Trinajstić information content (AvgIpc) is 2.46. The van der Waals surface area contributed by atoms with Crippen LogP contribution in [0.25, 0.3) is 5.57 Å². The number of fused-ring (bicyclic) bond motifs is 2. The summed E-state index contributed by atoms with van der Waals surface area (Å²) in [6.07, 6.45) is 2.91. The maximum absolute atomic E-state index is 12.2. The topological polar surface area (TPSA) is 26.3 Å². The Kier molecular flexibility index (Phi) is 3.28. The number of carbonyl (C=O) groups excluding carboxylic acids is 1. The lowest BCUT2D eigenvalue weighted by Gasteiger charge is -2.34. The zero-order chi connectivity index (χ0) is 13.4. The molecule has 3 rings (SSSR count). The van der Waals surface area contributed by atoms with Crippen LogP contribution in [0, 0.1) is 5.92 Å². The Morgan fingerprint density at radius 3 is 2.79 bits per heavy atom. The molecule has 2 atom stereocenters. The fourth-order valence-corrected chi connectivity index (χ4v) is 3.07. The van der Waals surface area contributed by atoms with Crippen molar-refractivity contribution in [3.05, 3.63) is 41.0 Å². The molecule has 0 spiro atoms. The number of ketones is 1. The largest absolute Gasteiger partial charge is 0.373 e. The van der Waals surface area contributed by atoms with E-state index in [1.54, 1.807) is 0 Å². The van der Waals surface area contributed by atoms with Gasteiger partial charge in [-0.05, 0) is 23.5 Å². The van der Waals surface area contributed by atoms with E-state index >= 15 is 0 Å². The molecular formula is C17H20O2. The van der Waals surface area contributed by atoms with Crippen molar-refractivity contribution in [3.63, 3.8) is 0 Å². The van der Waals surface area contributed by atoms with E-state index in [4.69, 9.17) is 4.74 Å². The quantitative estimate of drug-likeness (QED) is 0.803. The van der Waals surface area contributed by atoms with Gasteiger partial charge in [-0.15, -0.1) is 0 Å². The number of hydrogen-bond donors (Lipinski definition) is 0. The maximum atomic E-state index is 12.2. The SMILES string of the molecule is CCC(C)C1CC2=C(CO1)c1ccccc1C(=O)C2. The lowest BCUT2D eigenvalue weighted by atomic mass is 9.80. The van der Waals surface area contributed by atoms with Crippen LogP contribution in [0.3, 0.4) is 0 Å². The highest BCUT2D eigenvalue weighted by molar-refractivity contribution is 6.06. The van der Waals surface area contributed by atoms with Crippen LogP contribution in [-0.4, -0.2) is 18.5 Å². The molecule has 2 nitrogen and oxygen atoms in total. The minimum Gasteiger partial charge on any atom is -0.373 e. The van der Waals surface area contributed by atoms with Crippen LogP contribution < -0.4 is 0 Å². The van der Waals surface area contributed by atoms with E-state index in [-0.39, 0.29) is 11.9 Å².